The van der Waals surface area contributed by atoms with Crippen LogP contribution in [0.5, 0.6) is 0 Å². The lowest BCUT2D eigenvalue weighted by Gasteiger charge is -2.45. The lowest BCUT2D eigenvalue weighted by Crippen LogP contribution is -2.69. The number of esters is 1. The number of nitrogens with one attached hydrogen (secondary N) is 3. The molecule has 15 nitrogen and oxygen atoms in total. The fraction of sp³-hybridized carbons (Fsp3) is 0.818. The number of likely N-dealkylation sites (N-methyl/N-ethyl adjacent to an activating group) is 1. The van der Waals surface area contributed by atoms with E-state index in [4.69, 9.17) is 4.74 Å². The Labute approximate surface area is 283 Å². The van der Waals surface area contributed by atoms with Crippen LogP contribution in [0.15, 0.2) is 0 Å². The maximum absolute atomic E-state index is 14.3. The lowest BCUT2D eigenvalue weighted by atomic mass is 9.96. The number of hydrogen-bond acceptors (Lipinski definition) is 10. The van der Waals surface area contributed by atoms with Crippen molar-refractivity contribution in [1.82, 2.24) is 36.0 Å². The summed E-state index contributed by atoms with van der Waals surface area (Å²) < 4.78 is 5.91. The number of carbonyl (C=O) groups is 6. The molecular formula is C33H55N7O8. The lowest BCUT2D eigenvalue weighted by molar-refractivity contribution is -0.175. The Morgan fingerprint density at radius 1 is 0.854 bits per heavy atom. The number of amides is 5. The molecule has 8 atom stereocenters. The predicted molar refractivity (Wildman–Crippen MR) is 174 cm³/mol. The molecular weight excluding hydrogens is 622 g/mol. The summed E-state index contributed by atoms with van der Waals surface area (Å²) >= 11 is 0. The molecule has 0 bridgehead atoms. The summed E-state index contributed by atoms with van der Waals surface area (Å²) in [4.78, 5) is 87.5. The monoisotopic (exact) mass is 677 g/mol. The van der Waals surface area contributed by atoms with Crippen molar-refractivity contribution >= 4 is 35.5 Å². The zero-order chi connectivity index (χ0) is 35.4. The maximum atomic E-state index is 14.3. The molecule has 48 heavy (non-hydrogen) atoms. The van der Waals surface area contributed by atoms with Crippen molar-refractivity contribution in [2.24, 2.45) is 17.8 Å². The Morgan fingerprint density at radius 2 is 1.52 bits per heavy atom. The van der Waals surface area contributed by atoms with E-state index in [9.17, 15) is 33.9 Å². The van der Waals surface area contributed by atoms with Crippen LogP contribution in [0.2, 0.25) is 0 Å². The molecule has 4 fully saturated rings. The van der Waals surface area contributed by atoms with E-state index in [1.165, 1.54) is 26.9 Å². The number of fused-ring (bicyclic) bond motifs is 3. The largest absolute Gasteiger partial charge is 0.450 e. The number of ether oxygens (including phenoxy) is 1. The van der Waals surface area contributed by atoms with Gasteiger partial charge in [-0.25, -0.2) is 15.6 Å². The van der Waals surface area contributed by atoms with E-state index < -0.39 is 89.8 Å². The number of aliphatic hydroxyl groups is 1. The number of cyclic esters (lactones) is 1. The van der Waals surface area contributed by atoms with Crippen LogP contribution in [0.25, 0.3) is 0 Å². The zero-order valence-corrected chi connectivity index (χ0v) is 29.4. The number of β-amino-alcohol motifs (C(OH)–C–C–N with tert-alkyl or cyclic N) is 1. The summed E-state index contributed by atoms with van der Waals surface area (Å²) in [6, 6.07) is -5.13. The van der Waals surface area contributed by atoms with Crippen molar-refractivity contribution < 1.29 is 38.6 Å². The Bertz CT molecular complexity index is 1230. The molecule has 4 aliphatic rings. The quantitative estimate of drug-likeness (QED) is 0.288. The molecule has 4 aliphatic heterocycles. The minimum absolute atomic E-state index is 0.00109. The average Bonchev–Trinajstić information content (AvgIpc) is 3.56. The second kappa shape index (κ2) is 15.9. The van der Waals surface area contributed by atoms with Crippen LogP contribution in [0, 0.1) is 17.8 Å². The van der Waals surface area contributed by atoms with Crippen molar-refractivity contribution in [3.8, 4) is 0 Å². The van der Waals surface area contributed by atoms with Gasteiger partial charge in [0.15, 0.2) is 6.10 Å². The van der Waals surface area contributed by atoms with Gasteiger partial charge >= 0.3 is 5.97 Å². The number of hydrazine groups is 2. The first-order valence-electron chi connectivity index (χ1n) is 17.6. The molecule has 1 unspecified atom stereocenters. The van der Waals surface area contributed by atoms with Gasteiger partial charge in [0, 0.05) is 39.0 Å². The highest BCUT2D eigenvalue weighted by molar-refractivity contribution is 5.97. The molecule has 0 aromatic carbocycles. The maximum Gasteiger partial charge on any atom is 0.329 e. The minimum atomic E-state index is -1.26. The first-order chi connectivity index (χ1) is 22.7. The molecule has 0 aliphatic carbocycles. The van der Waals surface area contributed by atoms with Crippen molar-refractivity contribution in [3.63, 3.8) is 0 Å². The van der Waals surface area contributed by atoms with Crippen molar-refractivity contribution in [2.75, 3.05) is 26.7 Å². The Morgan fingerprint density at radius 3 is 2.17 bits per heavy atom. The first kappa shape index (κ1) is 37.5. The zero-order valence-electron chi connectivity index (χ0n) is 29.4. The van der Waals surface area contributed by atoms with Gasteiger partial charge in [0.25, 0.3) is 11.8 Å². The molecule has 270 valence electrons. The molecule has 4 rings (SSSR count). The van der Waals surface area contributed by atoms with Crippen molar-refractivity contribution in [3.05, 3.63) is 0 Å². The normalized spacial score (nSPS) is 32.4. The van der Waals surface area contributed by atoms with Gasteiger partial charge in [-0.2, -0.15) is 0 Å². The van der Waals surface area contributed by atoms with E-state index in [1.54, 1.807) is 20.8 Å². The third-order valence-corrected chi connectivity index (χ3v) is 10.1. The third-order valence-electron chi connectivity index (χ3n) is 10.1. The van der Waals surface area contributed by atoms with Crippen molar-refractivity contribution in [2.45, 2.75) is 129 Å². The van der Waals surface area contributed by atoms with E-state index >= 15 is 0 Å². The Hall–Kier alpha value is -3.30. The standard InChI is InChI=1S/C33H55N7O8/c1-8-20(6)27-32(46)39-23(11-9-13-34-39)31(45)40-25(16-21(41)17-35-40)29(43)37(7)24(15-18(2)3)30(44)38-14-10-12-22(38)28(42)36-26(19(4)5)33(47)48-27/h18-27,34-35,41H,8-17H2,1-7H3,(H,36,42)/t20?,21-,22-,23+,24+,25-,26+,27-/m0/s1. The van der Waals surface area contributed by atoms with Crippen LogP contribution in [0.4, 0.5) is 0 Å². The third kappa shape index (κ3) is 7.94. The van der Waals surface area contributed by atoms with Gasteiger partial charge in [0.1, 0.15) is 30.2 Å². The second-order valence-electron chi connectivity index (χ2n) is 14.5. The molecule has 4 saturated heterocycles. The van der Waals surface area contributed by atoms with Gasteiger partial charge in [0.05, 0.1) is 6.10 Å². The van der Waals surface area contributed by atoms with Gasteiger partial charge in [-0.15, -0.1) is 0 Å². The first-order valence-corrected chi connectivity index (χ1v) is 17.6. The van der Waals surface area contributed by atoms with Crippen LogP contribution >= 0.6 is 0 Å². The van der Waals surface area contributed by atoms with Crippen LogP contribution in [0.1, 0.15) is 86.5 Å². The van der Waals surface area contributed by atoms with Gasteiger partial charge in [-0.05, 0) is 50.4 Å². The Kier molecular flexibility index (Phi) is 12.5. The van der Waals surface area contributed by atoms with Crippen LogP contribution in [0.3, 0.4) is 0 Å². The molecule has 0 saturated carbocycles. The highest BCUT2D eigenvalue weighted by atomic mass is 16.6. The summed E-state index contributed by atoms with van der Waals surface area (Å²) in [5.41, 5.74) is 5.93. The summed E-state index contributed by atoms with van der Waals surface area (Å²) in [6.45, 7) is 11.7. The molecule has 0 aromatic heterocycles. The van der Waals surface area contributed by atoms with Crippen LogP contribution in [-0.4, -0.2) is 130 Å². The minimum Gasteiger partial charge on any atom is -0.450 e. The molecule has 4 N–H and O–H groups in total. The number of aliphatic hydroxyl groups excluding tert-OH is 1. The fourth-order valence-corrected chi connectivity index (χ4v) is 7.02. The number of rotatable bonds is 5. The highest BCUT2D eigenvalue weighted by Crippen LogP contribution is 2.27. The second-order valence-corrected chi connectivity index (χ2v) is 14.5. The molecule has 5 amide bonds. The van der Waals surface area contributed by atoms with E-state index in [0.717, 1.165) is 0 Å². The topological polar surface area (TPSA) is 181 Å². The number of nitrogens with zero attached hydrogens (tertiary/aromatic N) is 4. The molecule has 15 heteroatoms. The molecule has 0 spiro atoms. The van der Waals surface area contributed by atoms with Gasteiger partial charge in [-0.3, -0.25) is 34.0 Å². The average molecular weight is 678 g/mol. The van der Waals surface area contributed by atoms with Crippen LogP contribution < -0.4 is 16.2 Å². The predicted octanol–water partition coefficient (Wildman–Crippen LogP) is -0.0752. The SMILES string of the molecule is CCC(C)[C@@H]1OC(=O)[C@@H](C(C)C)NC(=O)[C@@H]2CCCN2C(=O)[C@@H](CC(C)C)N(C)C(=O)[C@@H]2C[C@H](O)CNN2C(=O)[C@H]2CCCNN2C1=O. The van der Waals surface area contributed by atoms with Gasteiger partial charge in [-0.1, -0.05) is 41.5 Å². The molecule has 4 heterocycles. The highest BCUT2D eigenvalue weighted by Gasteiger charge is 2.48. The van der Waals surface area contributed by atoms with E-state index in [2.05, 4.69) is 16.2 Å². The summed E-state index contributed by atoms with van der Waals surface area (Å²) in [5.74, 6) is -4.20. The van der Waals surface area contributed by atoms with Gasteiger partial charge < -0.3 is 25.0 Å². The number of hydrogen-bond donors (Lipinski definition) is 4. The molecule has 0 radical (unpaired) electrons. The van der Waals surface area contributed by atoms with E-state index in [1.807, 2.05) is 20.8 Å². The van der Waals surface area contributed by atoms with Crippen LogP contribution in [-0.2, 0) is 33.5 Å². The number of carbonyl (C=O) groups excluding carboxylic acids is 6. The van der Waals surface area contributed by atoms with Crippen molar-refractivity contribution in [1.29, 1.82) is 0 Å². The fourth-order valence-electron chi connectivity index (χ4n) is 7.02. The Balaban J connectivity index is 1.82. The van der Waals surface area contributed by atoms with Gasteiger partial charge in [0.2, 0.25) is 17.7 Å². The van der Waals surface area contributed by atoms with E-state index in [0.29, 0.717) is 45.2 Å². The van der Waals surface area contributed by atoms with E-state index in [-0.39, 0.29) is 25.3 Å². The summed E-state index contributed by atoms with van der Waals surface area (Å²) in [5, 5.41) is 15.8. The molecule has 0 aromatic rings. The smallest absolute Gasteiger partial charge is 0.329 e. The summed E-state index contributed by atoms with van der Waals surface area (Å²) in [7, 11) is 1.51. The summed E-state index contributed by atoms with van der Waals surface area (Å²) in [6.07, 6.45) is 0.292.